The van der Waals surface area contributed by atoms with E-state index >= 15 is 0 Å². The maximum Gasteiger partial charge on any atom is 0.254 e. The molecule has 0 radical (unpaired) electrons. The number of hydrogen-bond donors (Lipinski definition) is 5. The Hall–Kier alpha value is -3.27. The van der Waals surface area contributed by atoms with Gasteiger partial charge in [-0.25, -0.2) is 0 Å². The van der Waals surface area contributed by atoms with E-state index in [0.29, 0.717) is 49.7 Å². The normalized spacial score (nSPS) is 18.6. The molecular weight excluding hydrogens is 734 g/mol. The van der Waals surface area contributed by atoms with Gasteiger partial charge >= 0.3 is 0 Å². The molecule has 1 saturated heterocycles. The molecule has 292 valence electrons. The Bertz CT molecular complexity index is 1740. The first-order valence-electron chi connectivity index (χ1n) is 18.8. The lowest BCUT2D eigenvalue weighted by Gasteiger charge is -2.30. The molecule has 5 N–H and O–H groups in total. The third-order valence-corrected chi connectivity index (χ3v) is 11.7. The lowest BCUT2D eigenvalue weighted by Crippen LogP contribution is -2.53. The molecule has 0 bridgehead atoms. The van der Waals surface area contributed by atoms with Crippen LogP contribution in [-0.4, -0.2) is 121 Å². The highest BCUT2D eigenvalue weighted by molar-refractivity contribution is 7.99. The van der Waals surface area contributed by atoms with E-state index in [4.69, 9.17) is 26.2 Å². The van der Waals surface area contributed by atoms with Crippen molar-refractivity contribution in [2.24, 2.45) is 0 Å². The number of amides is 2. The van der Waals surface area contributed by atoms with Crippen LogP contribution in [0.4, 0.5) is 0 Å². The van der Waals surface area contributed by atoms with Gasteiger partial charge in [0.05, 0.1) is 24.9 Å². The van der Waals surface area contributed by atoms with Crippen LogP contribution in [0, 0.1) is 0 Å². The number of carbonyl (C=O) groups excluding carboxylic acids is 2. The highest BCUT2D eigenvalue weighted by Gasteiger charge is 2.48. The summed E-state index contributed by atoms with van der Waals surface area (Å²) in [6.07, 6.45) is 2.50. The van der Waals surface area contributed by atoms with Gasteiger partial charge in [0.25, 0.3) is 5.91 Å². The number of pyridine rings is 1. The summed E-state index contributed by atoms with van der Waals surface area (Å²) in [6, 6.07) is 15.9. The van der Waals surface area contributed by atoms with Crippen molar-refractivity contribution in [2.45, 2.75) is 99.0 Å². The van der Waals surface area contributed by atoms with Crippen molar-refractivity contribution in [2.75, 3.05) is 38.5 Å². The van der Waals surface area contributed by atoms with E-state index in [9.17, 15) is 30.0 Å². The van der Waals surface area contributed by atoms with Crippen LogP contribution in [0.1, 0.15) is 62.5 Å². The molecule has 14 heteroatoms. The molecule has 2 aromatic carbocycles. The minimum Gasteiger partial charge on any atom is -0.490 e. The monoisotopic (exact) mass is 783 g/mol. The number of rotatable bonds is 21. The molecule has 3 fully saturated rings. The van der Waals surface area contributed by atoms with Crippen molar-refractivity contribution in [3.8, 4) is 16.9 Å². The van der Waals surface area contributed by atoms with Gasteiger partial charge in [0.2, 0.25) is 5.91 Å². The lowest BCUT2D eigenvalue weighted by atomic mass is 9.96. The first-order chi connectivity index (χ1) is 26.1. The Balaban J connectivity index is 1.06. The molecule has 4 atom stereocenters. The first kappa shape index (κ1) is 40.4. The number of aliphatic hydroxyl groups is 5. The zero-order valence-electron chi connectivity index (χ0n) is 30.3. The minimum absolute atomic E-state index is 0.0720. The first-order valence-corrected chi connectivity index (χ1v) is 20.1. The number of ether oxygens (including phenoxy) is 2. The van der Waals surface area contributed by atoms with Crippen molar-refractivity contribution in [1.29, 1.82) is 0 Å². The molecule has 1 aliphatic heterocycles. The van der Waals surface area contributed by atoms with Crippen LogP contribution < -0.4 is 4.74 Å². The molecule has 2 saturated carbocycles. The summed E-state index contributed by atoms with van der Waals surface area (Å²) in [4.78, 5) is 34.0. The molecule has 54 heavy (non-hydrogen) atoms. The van der Waals surface area contributed by atoms with Gasteiger partial charge in [-0.15, -0.1) is 11.8 Å². The maximum atomic E-state index is 13.3. The van der Waals surface area contributed by atoms with Gasteiger partial charge in [-0.1, -0.05) is 29.8 Å². The molecular formula is C40H50ClN3O9S. The average Bonchev–Trinajstić information content (AvgIpc) is 4.13. The molecule has 4 unspecified atom stereocenters. The Morgan fingerprint density at radius 3 is 2.54 bits per heavy atom. The van der Waals surface area contributed by atoms with Crippen molar-refractivity contribution >= 4 is 35.2 Å². The maximum absolute atomic E-state index is 13.3. The zero-order valence-corrected chi connectivity index (χ0v) is 31.8. The summed E-state index contributed by atoms with van der Waals surface area (Å²) in [5.74, 6) is 0.752. The third-order valence-electron chi connectivity index (χ3n) is 10.2. The van der Waals surface area contributed by atoms with Crippen LogP contribution >= 0.6 is 23.4 Å². The molecule has 2 amide bonds. The predicted molar refractivity (Wildman–Crippen MR) is 204 cm³/mol. The van der Waals surface area contributed by atoms with Crippen molar-refractivity contribution in [3.05, 3.63) is 77.1 Å². The van der Waals surface area contributed by atoms with Crippen molar-refractivity contribution in [1.82, 2.24) is 14.8 Å². The Labute approximate surface area is 325 Å². The SMILES string of the molecule is O=C1CCCN1CCCN(CCCSc1ccc(Cl)c(COC2(c3cnccc3-c3ccccc3OC3CC3)CC2)c1)C(=O)C(O)C(O)C(O)C(O)CO. The number of benzene rings is 2. The molecule has 1 aromatic heterocycles. The summed E-state index contributed by atoms with van der Waals surface area (Å²) in [5, 5.41) is 50.6. The molecule has 2 heterocycles. The second-order valence-corrected chi connectivity index (χ2v) is 15.9. The van der Waals surface area contributed by atoms with Gasteiger partial charge in [-0.3, -0.25) is 14.6 Å². The van der Waals surface area contributed by atoms with Crippen molar-refractivity contribution in [3.63, 3.8) is 0 Å². The van der Waals surface area contributed by atoms with E-state index in [1.165, 1.54) is 4.90 Å². The molecule has 3 aliphatic rings. The van der Waals surface area contributed by atoms with E-state index in [-0.39, 0.29) is 25.1 Å². The number of halogens is 1. The third kappa shape index (κ3) is 10.1. The molecule has 12 nitrogen and oxygen atoms in total. The summed E-state index contributed by atoms with van der Waals surface area (Å²) in [7, 11) is 0. The molecule has 0 spiro atoms. The van der Waals surface area contributed by atoms with Crippen molar-refractivity contribution < 1.29 is 44.6 Å². The van der Waals surface area contributed by atoms with Crippen LogP contribution in [0.3, 0.4) is 0 Å². The standard InChI is InChI=1S/C40H50ClN3O9S/c41-32-12-11-28(54-21-5-20-44(19-4-18-43-17-3-8-35(43)47)39(51)38(50)37(49)36(48)33(46)24-45)22-26(32)25-52-40(14-15-40)31-23-42-16-13-29(31)30-6-1-2-7-34(30)53-27-9-10-27/h1-2,6-7,11-13,16,22-23,27,33,36-38,45-46,48-50H,3-5,8-10,14-15,17-21,24-25H2. The van der Waals surface area contributed by atoms with Gasteiger partial charge in [0.15, 0.2) is 6.10 Å². The Morgan fingerprint density at radius 2 is 1.81 bits per heavy atom. The zero-order chi connectivity index (χ0) is 38.2. The number of aromatic nitrogens is 1. The van der Waals surface area contributed by atoms with Gasteiger partial charge in [0, 0.05) is 66.0 Å². The summed E-state index contributed by atoms with van der Waals surface area (Å²) >= 11 is 8.25. The fourth-order valence-corrected chi connectivity index (χ4v) is 7.82. The lowest BCUT2D eigenvalue weighted by molar-refractivity contribution is -0.158. The fraction of sp³-hybridized carbons (Fsp3) is 0.525. The molecule has 2 aliphatic carbocycles. The largest absolute Gasteiger partial charge is 0.490 e. The number of thioether (sulfide) groups is 1. The van der Waals surface area contributed by atoms with Crippen LogP contribution in [0.25, 0.3) is 11.1 Å². The van der Waals surface area contributed by atoms with E-state index in [2.05, 4.69) is 11.1 Å². The Kier molecular flexibility index (Phi) is 13.9. The number of nitrogens with zero attached hydrogens (tertiary/aromatic N) is 3. The number of aliphatic hydroxyl groups excluding tert-OH is 5. The van der Waals surface area contributed by atoms with Gasteiger partial charge in [0.1, 0.15) is 24.1 Å². The number of carbonyl (C=O) groups is 2. The molecule has 3 aromatic rings. The second kappa shape index (κ2) is 18.6. The summed E-state index contributed by atoms with van der Waals surface area (Å²) < 4.78 is 12.9. The topological polar surface area (TPSA) is 173 Å². The van der Waals surface area contributed by atoms with Crippen LogP contribution in [0.2, 0.25) is 5.02 Å². The summed E-state index contributed by atoms with van der Waals surface area (Å²) in [5.41, 5.74) is 3.47. The fourth-order valence-electron chi connectivity index (χ4n) is 6.75. The van der Waals surface area contributed by atoms with Crippen LogP contribution in [-0.2, 0) is 26.5 Å². The van der Waals surface area contributed by atoms with Crippen LogP contribution in [0.15, 0.2) is 65.8 Å². The quantitative estimate of drug-likeness (QED) is 0.0784. The van der Waals surface area contributed by atoms with Gasteiger partial charge in [-0.2, -0.15) is 0 Å². The van der Waals surface area contributed by atoms with E-state index in [1.807, 2.05) is 48.7 Å². The average molecular weight is 784 g/mol. The van der Waals surface area contributed by atoms with E-state index in [1.54, 1.807) is 22.9 Å². The number of likely N-dealkylation sites (tertiary alicyclic amines) is 1. The van der Waals surface area contributed by atoms with Gasteiger partial charge < -0.3 is 44.8 Å². The smallest absolute Gasteiger partial charge is 0.254 e. The highest BCUT2D eigenvalue weighted by Crippen LogP contribution is 2.53. The van der Waals surface area contributed by atoms with Crippen LogP contribution in [0.5, 0.6) is 5.75 Å². The predicted octanol–water partition coefficient (Wildman–Crippen LogP) is 3.91. The van der Waals surface area contributed by atoms with E-state index < -0.39 is 42.5 Å². The number of hydrogen-bond acceptors (Lipinski definition) is 11. The molecule has 6 rings (SSSR count). The second-order valence-electron chi connectivity index (χ2n) is 14.3. The highest BCUT2D eigenvalue weighted by atomic mass is 35.5. The minimum atomic E-state index is -2.01. The van der Waals surface area contributed by atoms with E-state index in [0.717, 1.165) is 65.0 Å². The summed E-state index contributed by atoms with van der Waals surface area (Å²) in [6.45, 7) is 1.05. The Morgan fingerprint density at radius 1 is 1.04 bits per heavy atom. The number of para-hydroxylation sites is 1. The van der Waals surface area contributed by atoms with Gasteiger partial charge in [-0.05, 0) is 92.2 Å².